The summed E-state index contributed by atoms with van der Waals surface area (Å²) in [6.45, 7) is 7.64. The van der Waals surface area contributed by atoms with Crippen LogP contribution in [0.25, 0.3) is 11.0 Å². The summed E-state index contributed by atoms with van der Waals surface area (Å²) in [5.41, 5.74) is 1.34. The number of hydrogen-bond donors (Lipinski definition) is 0. The Bertz CT molecular complexity index is 585. The zero-order chi connectivity index (χ0) is 13.3. The summed E-state index contributed by atoms with van der Waals surface area (Å²) in [6, 6.07) is 5.03. The molecule has 18 heavy (non-hydrogen) atoms. The highest BCUT2D eigenvalue weighted by atomic mass is 16.6. The van der Waals surface area contributed by atoms with E-state index in [9.17, 15) is 10.1 Å². The number of para-hydroxylation sites is 1. The molecule has 0 saturated heterocycles. The summed E-state index contributed by atoms with van der Waals surface area (Å²) in [5, 5.41) is 11.8. The molecule has 2 rings (SSSR count). The largest absolute Gasteiger partial charge is 0.452 e. The normalized spacial score (nSPS) is 10.8. The van der Waals surface area contributed by atoms with Gasteiger partial charge in [-0.3, -0.25) is 10.1 Å². The minimum Gasteiger partial charge on any atom is -0.452 e. The molecule has 0 atom stereocenters. The molecule has 0 spiro atoms. The van der Waals surface area contributed by atoms with Gasteiger partial charge >= 0.3 is 5.69 Å². The van der Waals surface area contributed by atoms with E-state index in [2.05, 4.69) is 18.7 Å². The van der Waals surface area contributed by atoms with Gasteiger partial charge in [-0.1, -0.05) is 6.07 Å². The SMILES string of the molecule is CCN(CC)c1c(C)oc2c([N+](=O)[O-])cccc12. The molecule has 0 N–H and O–H groups in total. The third-order valence-corrected chi connectivity index (χ3v) is 3.11. The lowest BCUT2D eigenvalue weighted by molar-refractivity contribution is -0.383. The Hall–Kier alpha value is -2.04. The molecular formula is C13H16N2O3. The molecule has 1 aromatic carbocycles. The molecule has 0 fully saturated rings. The minimum atomic E-state index is -0.405. The lowest BCUT2D eigenvalue weighted by Gasteiger charge is -2.20. The number of non-ortho nitro benzene ring substituents is 1. The summed E-state index contributed by atoms with van der Waals surface area (Å²) in [4.78, 5) is 12.7. The Labute approximate surface area is 105 Å². The average Bonchev–Trinajstić information content (AvgIpc) is 2.67. The van der Waals surface area contributed by atoms with Crippen molar-refractivity contribution in [2.75, 3.05) is 18.0 Å². The van der Waals surface area contributed by atoms with Crippen LogP contribution in [0.2, 0.25) is 0 Å². The van der Waals surface area contributed by atoms with Crippen LogP contribution in [0.15, 0.2) is 22.6 Å². The van der Waals surface area contributed by atoms with Crippen molar-refractivity contribution in [3.63, 3.8) is 0 Å². The molecule has 0 amide bonds. The fraction of sp³-hybridized carbons (Fsp3) is 0.385. The van der Waals surface area contributed by atoms with Gasteiger partial charge in [0.2, 0.25) is 5.58 Å². The number of nitrogens with zero attached hydrogens (tertiary/aromatic N) is 2. The van der Waals surface area contributed by atoms with Crippen molar-refractivity contribution in [2.45, 2.75) is 20.8 Å². The van der Waals surface area contributed by atoms with Gasteiger partial charge in [-0.05, 0) is 26.8 Å². The first-order valence-electron chi connectivity index (χ1n) is 6.01. The predicted octanol–water partition coefficient (Wildman–Crippen LogP) is 3.50. The molecule has 0 bridgehead atoms. The fourth-order valence-corrected chi connectivity index (χ4v) is 2.29. The van der Waals surface area contributed by atoms with Crippen LogP contribution in [-0.4, -0.2) is 18.0 Å². The van der Waals surface area contributed by atoms with Gasteiger partial charge in [0.1, 0.15) is 5.76 Å². The Kier molecular flexibility index (Phi) is 3.23. The minimum absolute atomic E-state index is 0.0222. The van der Waals surface area contributed by atoms with Gasteiger partial charge < -0.3 is 9.32 Å². The van der Waals surface area contributed by atoms with Crippen molar-refractivity contribution >= 4 is 22.3 Å². The molecule has 1 aromatic heterocycles. The monoisotopic (exact) mass is 248 g/mol. The Balaban J connectivity index is 2.73. The number of hydrogen-bond acceptors (Lipinski definition) is 4. The number of anilines is 1. The number of fused-ring (bicyclic) bond motifs is 1. The average molecular weight is 248 g/mol. The maximum atomic E-state index is 11.0. The summed E-state index contributed by atoms with van der Waals surface area (Å²) >= 11 is 0. The van der Waals surface area contributed by atoms with Gasteiger partial charge in [-0.2, -0.15) is 0 Å². The number of rotatable bonds is 4. The van der Waals surface area contributed by atoms with Gasteiger partial charge in [-0.15, -0.1) is 0 Å². The summed E-state index contributed by atoms with van der Waals surface area (Å²) in [5.74, 6) is 0.725. The molecular weight excluding hydrogens is 232 g/mol. The molecule has 0 unspecified atom stereocenters. The fourth-order valence-electron chi connectivity index (χ4n) is 2.29. The quantitative estimate of drug-likeness (QED) is 0.613. The smallest absolute Gasteiger partial charge is 0.312 e. The van der Waals surface area contributed by atoms with Crippen LogP contribution in [0.3, 0.4) is 0 Å². The second kappa shape index (κ2) is 4.68. The zero-order valence-electron chi connectivity index (χ0n) is 10.8. The van der Waals surface area contributed by atoms with Crippen molar-refractivity contribution in [3.05, 3.63) is 34.1 Å². The molecule has 0 aliphatic rings. The van der Waals surface area contributed by atoms with E-state index in [4.69, 9.17) is 4.42 Å². The molecule has 0 aliphatic carbocycles. The van der Waals surface area contributed by atoms with Gasteiger partial charge in [0.25, 0.3) is 0 Å². The lowest BCUT2D eigenvalue weighted by atomic mass is 10.2. The number of benzene rings is 1. The molecule has 0 radical (unpaired) electrons. The van der Waals surface area contributed by atoms with E-state index in [1.807, 2.05) is 13.0 Å². The van der Waals surface area contributed by atoms with Crippen LogP contribution in [-0.2, 0) is 0 Å². The standard InChI is InChI=1S/C13H16N2O3/c1-4-14(5-2)12-9(3)18-13-10(12)7-6-8-11(13)15(16)17/h6-8H,4-5H2,1-3H3. The van der Waals surface area contributed by atoms with Crippen LogP contribution in [0, 0.1) is 17.0 Å². The zero-order valence-corrected chi connectivity index (χ0v) is 10.8. The van der Waals surface area contributed by atoms with Crippen LogP contribution in [0.4, 0.5) is 11.4 Å². The summed E-state index contributed by atoms with van der Waals surface area (Å²) in [7, 11) is 0. The third-order valence-electron chi connectivity index (χ3n) is 3.11. The highest BCUT2D eigenvalue weighted by molar-refractivity contribution is 5.97. The van der Waals surface area contributed by atoms with E-state index in [0.29, 0.717) is 5.58 Å². The molecule has 2 aromatic rings. The summed E-state index contributed by atoms with van der Waals surface area (Å²) in [6.07, 6.45) is 0. The highest BCUT2D eigenvalue weighted by Gasteiger charge is 2.22. The van der Waals surface area contributed by atoms with E-state index in [-0.39, 0.29) is 5.69 Å². The first kappa shape index (κ1) is 12.4. The molecule has 5 heteroatoms. The highest BCUT2D eigenvalue weighted by Crippen LogP contribution is 2.37. The number of nitro groups is 1. The third kappa shape index (κ3) is 1.81. The first-order valence-corrected chi connectivity index (χ1v) is 6.01. The van der Waals surface area contributed by atoms with Crippen LogP contribution < -0.4 is 4.90 Å². The van der Waals surface area contributed by atoms with Crippen molar-refractivity contribution < 1.29 is 9.34 Å². The predicted molar refractivity (Wildman–Crippen MR) is 71.2 cm³/mol. The second-order valence-corrected chi connectivity index (χ2v) is 4.09. The van der Waals surface area contributed by atoms with Crippen LogP contribution >= 0.6 is 0 Å². The van der Waals surface area contributed by atoms with Gasteiger partial charge in [0.15, 0.2) is 0 Å². The van der Waals surface area contributed by atoms with Crippen molar-refractivity contribution in [1.29, 1.82) is 0 Å². The molecule has 1 heterocycles. The molecule has 0 saturated carbocycles. The second-order valence-electron chi connectivity index (χ2n) is 4.09. The Morgan fingerprint density at radius 3 is 2.56 bits per heavy atom. The number of furan rings is 1. The van der Waals surface area contributed by atoms with Crippen LogP contribution in [0.1, 0.15) is 19.6 Å². The van der Waals surface area contributed by atoms with E-state index < -0.39 is 4.92 Å². The van der Waals surface area contributed by atoms with Crippen molar-refractivity contribution in [3.8, 4) is 0 Å². The van der Waals surface area contributed by atoms with E-state index in [0.717, 1.165) is 29.9 Å². The number of aryl methyl sites for hydroxylation is 1. The van der Waals surface area contributed by atoms with E-state index in [1.54, 1.807) is 6.07 Å². The maximum absolute atomic E-state index is 11.0. The topological polar surface area (TPSA) is 59.5 Å². The van der Waals surface area contributed by atoms with Crippen molar-refractivity contribution in [1.82, 2.24) is 0 Å². The summed E-state index contributed by atoms with van der Waals surface area (Å²) < 4.78 is 5.59. The van der Waals surface area contributed by atoms with Gasteiger partial charge in [0.05, 0.1) is 16.0 Å². The van der Waals surface area contributed by atoms with E-state index >= 15 is 0 Å². The molecule has 5 nitrogen and oxygen atoms in total. The van der Waals surface area contributed by atoms with Crippen molar-refractivity contribution in [2.24, 2.45) is 0 Å². The first-order chi connectivity index (χ1) is 8.60. The molecule has 96 valence electrons. The maximum Gasteiger partial charge on any atom is 0.312 e. The number of nitro benzene ring substituents is 1. The Morgan fingerprint density at radius 1 is 1.33 bits per heavy atom. The molecule has 0 aliphatic heterocycles. The van der Waals surface area contributed by atoms with Crippen LogP contribution in [0.5, 0.6) is 0 Å². The van der Waals surface area contributed by atoms with Gasteiger partial charge in [-0.25, -0.2) is 0 Å². The van der Waals surface area contributed by atoms with E-state index in [1.165, 1.54) is 6.07 Å². The lowest BCUT2D eigenvalue weighted by Crippen LogP contribution is -2.22. The van der Waals surface area contributed by atoms with Gasteiger partial charge in [0, 0.05) is 19.2 Å². The Morgan fingerprint density at radius 2 is 2.00 bits per heavy atom.